The number of aromatic nitrogens is 6. The summed E-state index contributed by atoms with van der Waals surface area (Å²) in [6, 6.07) is 4.10. The summed E-state index contributed by atoms with van der Waals surface area (Å²) in [6.45, 7) is 0. The number of ether oxygens (including phenoxy) is 1. The first-order valence-corrected chi connectivity index (χ1v) is 11.5. The van der Waals surface area contributed by atoms with Gasteiger partial charge in [0, 0.05) is 36.5 Å². The molecule has 0 atom stereocenters. The van der Waals surface area contributed by atoms with Crippen LogP contribution in [0.2, 0.25) is 0 Å². The molecule has 0 radical (unpaired) electrons. The number of amides is 1. The number of nitrogens with zero attached hydrogens (tertiary/aromatic N) is 6. The number of alkyl halides is 2. The molecule has 1 N–H and O–H groups in total. The van der Waals surface area contributed by atoms with E-state index < -0.39 is 25.1 Å². The SMILES string of the molecule is [2H]C([2H])([2H])Oc1cnc(C(F)F)cc1-c1cc(-c2ccn(C)n2)ncc1C(=O)Nc1nnc(C#CC2CC2)s1. The van der Waals surface area contributed by atoms with E-state index in [0.29, 0.717) is 22.3 Å². The van der Waals surface area contributed by atoms with Gasteiger partial charge >= 0.3 is 0 Å². The molecule has 0 aromatic carbocycles. The highest BCUT2D eigenvalue weighted by atomic mass is 32.1. The lowest BCUT2D eigenvalue weighted by Gasteiger charge is -2.14. The van der Waals surface area contributed by atoms with E-state index in [-0.39, 0.29) is 27.6 Å². The lowest BCUT2D eigenvalue weighted by Crippen LogP contribution is -2.14. The number of anilines is 1. The van der Waals surface area contributed by atoms with Crippen LogP contribution in [0.15, 0.2) is 36.8 Å². The van der Waals surface area contributed by atoms with Crippen LogP contribution in [-0.4, -0.2) is 42.9 Å². The molecule has 0 aliphatic heterocycles. The molecule has 12 heteroatoms. The van der Waals surface area contributed by atoms with Gasteiger partial charge in [0.2, 0.25) is 5.13 Å². The molecule has 1 amide bonds. The summed E-state index contributed by atoms with van der Waals surface area (Å²) in [5.74, 6) is 5.35. The van der Waals surface area contributed by atoms with Gasteiger partial charge in [0.05, 0.1) is 28.6 Å². The molecule has 0 saturated heterocycles. The van der Waals surface area contributed by atoms with Crippen molar-refractivity contribution in [3.05, 3.63) is 53.1 Å². The largest absolute Gasteiger partial charge is 0.494 e. The predicted octanol–water partition coefficient (Wildman–Crippen LogP) is 4.36. The fourth-order valence-corrected chi connectivity index (χ4v) is 3.90. The molecular formula is C24H19F2N7O2S. The van der Waals surface area contributed by atoms with E-state index in [9.17, 15) is 13.6 Å². The lowest BCUT2D eigenvalue weighted by atomic mass is 9.98. The number of carbonyl (C=O) groups excluding carboxylic acids is 1. The maximum Gasteiger partial charge on any atom is 0.280 e. The van der Waals surface area contributed by atoms with Crippen LogP contribution in [0.3, 0.4) is 0 Å². The molecule has 9 nitrogen and oxygen atoms in total. The highest BCUT2D eigenvalue weighted by molar-refractivity contribution is 7.15. The van der Waals surface area contributed by atoms with Crippen molar-refractivity contribution in [2.24, 2.45) is 13.0 Å². The van der Waals surface area contributed by atoms with E-state index >= 15 is 0 Å². The average molecular weight is 511 g/mol. The van der Waals surface area contributed by atoms with Gasteiger partial charge in [-0.05, 0) is 37.0 Å². The molecule has 4 aromatic heterocycles. The molecule has 0 spiro atoms. The Kier molecular flexibility index (Phi) is 5.44. The second-order valence-electron chi connectivity index (χ2n) is 7.91. The number of nitrogens with one attached hydrogen (secondary N) is 1. The molecule has 0 unspecified atom stereocenters. The Bertz CT molecular complexity index is 1610. The molecule has 4 heterocycles. The summed E-state index contributed by atoms with van der Waals surface area (Å²) in [5, 5.41) is 15.4. The number of hydrogen-bond donors (Lipinski definition) is 1. The van der Waals surface area contributed by atoms with Crippen LogP contribution in [-0.2, 0) is 7.05 Å². The van der Waals surface area contributed by atoms with Gasteiger partial charge in [-0.1, -0.05) is 17.3 Å². The van der Waals surface area contributed by atoms with E-state index in [1.807, 2.05) is 0 Å². The van der Waals surface area contributed by atoms with Gasteiger partial charge in [-0.25, -0.2) is 8.78 Å². The third-order valence-electron chi connectivity index (χ3n) is 5.24. The third-order valence-corrected chi connectivity index (χ3v) is 6.00. The van der Waals surface area contributed by atoms with Crippen LogP contribution in [0.5, 0.6) is 5.75 Å². The first kappa shape index (κ1) is 20.0. The van der Waals surface area contributed by atoms with Crippen LogP contribution < -0.4 is 10.1 Å². The fraction of sp³-hybridized carbons (Fsp3) is 0.250. The van der Waals surface area contributed by atoms with Crippen LogP contribution in [0.4, 0.5) is 13.9 Å². The molecular weight excluding hydrogens is 488 g/mol. The van der Waals surface area contributed by atoms with Gasteiger partial charge in [-0.2, -0.15) is 5.10 Å². The summed E-state index contributed by atoms with van der Waals surface area (Å²) in [5.41, 5.74) is 0.0474. The predicted molar refractivity (Wildman–Crippen MR) is 129 cm³/mol. The molecule has 5 rings (SSSR count). The summed E-state index contributed by atoms with van der Waals surface area (Å²) < 4.78 is 56.3. The second-order valence-corrected chi connectivity index (χ2v) is 8.89. The first-order valence-electron chi connectivity index (χ1n) is 12.2. The van der Waals surface area contributed by atoms with Crippen LogP contribution in [0.1, 0.15) is 44.4 Å². The minimum absolute atomic E-state index is 0.0581. The molecule has 182 valence electrons. The zero-order valence-electron chi connectivity index (χ0n) is 21.7. The van der Waals surface area contributed by atoms with Crippen molar-refractivity contribution in [1.82, 2.24) is 29.9 Å². The summed E-state index contributed by atoms with van der Waals surface area (Å²) in [6.07, 6.45) is 2.95. The highest BCUT2D eigenvalue weighted by Crippen LogP contribution is 2.36. The number of aryl methyl sites for hydroxylation is 1. The van der Waals surface area contributed by atoms with Gasteiger partial charge < -0.3 is 4.74 Å². The van der Waals surface area contributed by atoms with E-state index in [2.05, 4.69) is 42.4 Å². The summed E-state index contributed by atoms with van der Waals surface area (Å²) in [4.78, 5) is 21.3. The van der Waals surface area contributed by atoms with Crippen LogP contribution in [0, 0.1) is 17.8 Å². The number of rotatable bonds is 6. The van der Waals surface area contributed by atoms with E-state index in [0.717, 1.165) is 36.4 Å². The third kappa shape index (κ3) is 5.06. The van der Waals surface area contributed by atoms with E-state index in [1.165, 1.54) is 12.3 Å². The Balaban J connectivity index is 1.58. The normalized spacial score (nSPS) is 14.4. The van der Waals surface area contributed by atoms with Crippen molar-refractivity contribution in [3.8, 4) is 40.1 Å². The van der Waals surface area contributed by atoms with Gasteiger partial charge in [0.15, 0.2) is 5.01 Å². The quantitative estimate of drug-likeness (QED) is 0.384. The highest BCUT2D eigenvalue weighted by Gasteiger charge is 2.22. The zero-order valence-corrected chi connectivity index (χ0v) is 19.5. The van der Waals surface area contributed by atoms with E-state index in [1.54, 1.807) is 24.0 Å². The smallest absolute Gasteiger partial charge is 0.280 e. The number of hydrogen-bond acceptors (Lipinski definition) is 8. The van der Waals surface area contributed by atoms with Crippen molar-refractivity contribution >= 4 is 22.4 Å². The molecule has 1 saturated carbocycles. The Morgan fingerprint density at radius 1 is 1.25 bits per heavy atom. The Hall–Kier alpha value is -4.24. The molecule has 1 aliphatic carbocycles. The number of halogens is 2. The molecule has 1 fully saturated rings. The van der Waals surface area contributed by atoms with Gasteiger partial charge in [-0.3, -0.25) is 24.8 Å². The van der Waals surface area contributed by atoms with Crippen LogP contribution >= 0.6 is 11.3 Å². The standard InChI is InChI=1S/C24H19F2N7O2S/c1-33-8-7-17(32-33)18-9-14(15-10-19(22(25)26)28-12-20(15)35-2)16(11-27-18)23(34)29-24-31-30-21(36-24)6-5-13-3-4-13/h7-13,22H,3-4H2,1-2H3,(H,29,31,34)/i2D3. The van der Waals surface area contributed by atoms with E-state index in [4.69, 9.17) is 8.85 Å². The molecule has 4 aromatic rings. The van der Waals surface area contributed by atoms with Gasteiger partial charge in [0.1, 0.15) is 17.1 Å². The molecule has 0 bridgehead atoms. The minimum atomic E-state index is -2.96. The maximum absolute atomic E-state index is 13.6. The lowest BCUT2D eigenvalue weighted by molar-refractivity contribution is 0.102. The summed E-state index contributed by atoms with van der Waals surface area (Å²) in [7, 11) is -1.20. The Morgan fingerprint density at radius 2 is 2.11 bits per heavy atom. The first-order chi connectivity index (χ1) is 18.6. The summed E-state index contributed by atoms with van der Waals surface area (Å²) >= 11 is 1.08. The van der Waals surface area contributed by atoms with Crippen molar-refractivity contribution in [3.63, 3.8) is 0 Å². The number of methoxy groups -OCH3 is 1. The maximum atomic E-state index is 13.6. The number of pyridine rings is 2. The average Bonchev–Trinajstić information content (AvgIpc) is 3.44. The van der Waals surface area contributed by atoms with Crippen molar-refractivity contribution < 1.29 is 22.4 Å². The Labute approximate surface area is 212 Å². The van der Waals surface area contributed by atoms with Crippen molar-refractivity contribution in [2.75, 3.05) is 12.4 Å². The van der Waals surface area contributed by atoms with Crippen molar-refractivity contribution in [2.45, 2.75) is 19.3 Å². The topological polar surface area (TPSA) is 108 Å². The van der Waals surface area contributed by atoms with Crippen molar-refractivity contribution in [1.29, 1.82) is 0 Å². The monoisotopic (exact) mass is 510 g/mol. The number of carbonyl (C=O) groups is 1. The van der Waals surface area contributed by atoms with Gasteiger partial charge in [-0.15, -0.1) is 10.2 Å². The second kappa shape index (κ2) is 9.79. The zero-order chi connectivity index (χ0) is 27.7. The van der Waals surface area contributed by atoms with Crippen LogP contribution in [0.25, 0.3) is 22.5 Å². The minimum Gasteiger partial charge on any atom is -0.494 e. The molecule has 36 heavy (non-hydrogen) atoms. The Morgan fingerprint density at radius 3 is 2.83 bits per heavy atom. The van der Waals surface area contributed by atoms with Gasteiger partial charge in [0.25, 0.3) is 12.3 Å². The fourth-order valence-electron chi connectivity index (χ4n) is 3.30. The molecule has 1 aliphatic rings.